The lowest BCUT2D eigenvalue weighted by molar-refractivity contribution is 0.0962. The third-order valence-corrected chi connectivity index (χ3v) is 4.62. The topological polar surface area (TPSA) is 34.2 Å². The molecule has 0 radical (unpaired) electrons. The highest BCUT2D eigenvalue weighted by molar-refractivity contribution is 6.31. The van der Waals surface area contributed by atoms with Crippen molar-refractivity contribution in [3.63, 3.8) is 0 Å². The van der Waals surface area contributed by atoms with Crippen molar-refractivity contribution in [1.29, 1.82) is 0 Å². The van der Waals surface area contributed by atoms with Gasteiger partial charge in [-0.05, 0) is 43.7 Å². The van der Waals surface area contributed by atoms with Crippen molar-refractivity contribution in [3.05, 3.63) is 22.8 Å². The first-order valence-corrected chi connectivity index (χ1v) is 8.00. The Hall–Kier alpha value is -0.800. The summed E-state index contributed by atoms with van der Waals surface area (Å²) in [5.41, 5.74) is 0.864. The Labute approximate surface area is 127 Å². The van der Waals surface area contributed by atoms with Gasteiger partial charge < -0.3 is 10.1 Å². The quantitative estimate of drug-likeness (QED) is 0.890. The molecule has 0 aliphatic heterocycles. The lowest BCUT2D eigenvalue weighted by Crippen LogP contribution is -2.29. The fraction of sp³-hybridized carbons (Fsp3) is 0.688. The van der Waals surface area contributed by atoms with Gasteiger partial charge in [-0.3, -0.25) is 0 Å². The van der Waals surface area contributed by atoms with Crippen molar-refractivity contribution in [1.82, 2.24) is 10.3 Å². The van der Waals surface area contributed by atoms with Crippen LogP contribution in [0, 0.1) is 11.8 Å². The monoisotopic (exact) mass is 296 g/mol. The van der Waals surface area contributed by atoms with Gasteiger partial charge in [-0.2, -0.15) is 0 Å². The van der Waals surface area contributed by atoms with Crippen LogP contribution in [0.15, 0.2) is 12.1 Å². The van der Waals surface area contributed by atoms with E-state index < -0.39 is 0 Å². The summed E-state index contributed by atoms with van der Waals surface area (Å²) in [6.07, 6.45) is 3.78. The van der Waals surface area contributed by atoms with E-state index >= 15 is 0 Å². The van der Waals surface area contributed by atoms with E-state index in [-0.39, 0.29) is 0 Å². The predicted octanol–water partition coefficient (Wildman–Crippen LogP) is 4.05. The number of nitrogens with zero attached hydrogens (tertiary/aromatic N) is 1. The minimum absolute atomic E-state index is 0.293. The van der Waals surface area contributed by atoms with Crippen LogP contribution >= 0.6 is 11.6 Å². The lowest BCUT2D eigenvalue weighted by atomic mass is 9.80. The van der Waals surface area contributed by atoms with Crippen LogP contribution in [0.3, 0.4) is 0 Å². The zero-order valence-electron chi connectivity index (χ0n) is 12.7. The number of pyridine rings is 1. The van der Waals surface area contributed by atoms with Gasteiger partial charge in [0.1, 0.15) is 6.10 Å². The second-order valence-corrected chi connectivity index (χ2v) is 6.27. The van der Waals surface area contributed by atoms with Crippen LogP contribution in [0.2, 0.25) is 5.02 Å². The summed E-state index contributed by atoms with van der Waals surface area (Å²) in [7, 11) is 0. The Balaban J connectivity index is 1.99. The molecular formula is C16H25ClN2O. The van der Waals surface area contributed by atoms with Crippen LogP contribution in [0.25, 0.3) is 0 Å². The smallest absolute Gasteiger partial charge is 0.213 e. The molecule has 3 nitrogen and oxygen atoms in total. The molecule has 112 valence electrons. The maximum Gasteiger partial charge on any atom is 0.213 e. The summed E-state index contributed by atoms with van der Waals surface area (Å²) in [4.78, 5) is 4.53. The highest BCUT2D eigenvalue weighted by atomic mass is 35.5. The third-order valence-electron chi connectivity index (χ3n) is 4.27. The van der Waals surface area contributed by atoms with Crippen LogP contribution in [0.4, 0.5) is 0 Å². The van der Waals surface area contributed by atoms with Crippen LogP contribution in [0.1, 0.15) is 45.7 Å². The fourth-order valence-electron chi connectivity index (χ4n) is 2.67. The first kappa shape index (κ1) is 15.6. The van der Waals surface area contributed by atoms with Gasteiger partial charge >= 0.3 is 0 Å². The lowest BCUT2D eigenvalue weighted by Gasteiger charge is -2.32. The molecule has 4 heteroatoms. The van der Waals surface area contributed by atoms with Crippen LogP contribution in [0.5, 0.6) is 5.88 Å². The molecule has 1 saturated carbocycles. The van der Waals surface area contributed by atoms with Gasteiger partial charge in [-0.25, -0.2) is 4.98 Å². The van der Waals surface area contributed by atoms with E-state index in [1.54, 1.807) is 0 Å². The SMILES string of the molecule is CCNCc1nc(OC2CCC(C)C(C)C2)ccc1Cl. The van der Waals surface area contributed by atoms with Crippen LogP contribution in [-0.2, 0) is 6.54 Å². The molecule has 1 fully saturated rings. The molecule has 1 aliphatic rings. The normalized spacial score (nSPS) is 26.5. The van der Waals surface area contributed by atoms with Gasteiger partial charge in [0.05, 0.1) is 10.7 Å². The molecule has 0 aromatic carbocycles. The fourth-order valence-corrected chi connectivity index (χ4v) is 2.85. The Kier molecular flexibility index (Phi) is 5.67. The second kappa shape index (κ2) is 7.28. The Morgan fingerprint density at radius 2 is 2.10 bits per heavy atom. The third kappa shape index (κ3) is 4.10. The van der Waals surface area contributed by atoms with Crippen LogP contribution < -0.4 is 10.1 Å². The van der Waals surface area contributed by atoms with Crippen molar-refractivity contribution in [2.24, 2.45) is 11.8 Å². The molecule has 0 bridgehead atoms. The highest BCUT2D eigenvalue weighted by Crippen LogP contribution is 2.31. The van der Waals surface area contributed by atoms with E-state index in [2.05, 4.69) is 31.1 Å². The molecule has 2 rings (SSSR count). The standard InChI is InChI=1S/C16H25ClN2O/c1-4-18-10-15-14(17)7-8-16(19-15)20-13-6-5-11(2)12(3)9-13/h7-8,11-13,18H,4-6,9-10H2,1-3H3. The Morgan fingerprint density at radius 3 is 2.80 bits per heavy atom. The number of hydrogen-bond acceptors (Lipinski definition) is 3. The summed E-state index contributed by atoms with van der Waals surface area (Å²) in [6, 6.07) is 3.76. The molecule has 0 spiro atoms. The first-order valence-electron chi connectivity index (χ1n) is 7.63. The average molecular weight is 297 g/mol. The van der Waals surface area contributed by atoms with Gasteiger partial charge in [-0.1, -0.05) is 32.4 Å². The largest absolute Gasteiger partial charge is 0.474 e. The second-order valence-electron chi connectivity index (χ2n) is 5.87. The molecule has 0 saturated heterocycles. The molecular weight excluding hydrogens is 272 g/mol. The van der Waals surface area contributed by atoms with Crippen LogP contribution in [-0.4, -0.2) is 17.6 Å². The molecule has 0 amide bonds. The van der Waals surface area contributed by atoms with E-state index in [4.69, 9.17) is 16.3 Å². The summed E-state index contributed by atoms with van der Waals surface area (Å²) in [5.74, 6) is 2.23. The predicted molar refractivity (Wildman–Crippen MR) is 83.2 cm³/mol. The van der Waals surface area contributed by atoms with Crippen molar-refractivity contribution < 1.29 is 4.74 Å². The van der Waals surface area contributed by atoms with Crippen molar-refractivity contribution >= 4 is 11.6 Å². The molecule has 1 aromatic rings. The minimum Gasteiger partial charge on any atom is -0.474 e. The van der Waals surface area contributed by atoms with Gasteiger partial charge in [0.2, 0.25) is 5.88 Å². The maximum absolute atomic E-state index is 6.16. The molecule has 1 aliphatic carbocycles. The van der Waals surface area contributed by atoms with E-state index in [1.165, 1.54) is 6.42 Å². The van der Waals surface area contributed by atoms with E-state index in [9.17, 15) is 0 Å². The molecule has 1 heterocycles. The summed E-state index contributed by atoms with van der Waals surface area (Å²) >= 11 is 6.16. The van der Waals surface area contributed by atoms with E-state index in [0.717, 1.165) is 36.9 Å². The first-order chi connectivity index (χ1) is 9.60. The summed E-state index contributed by atoms with van der Waals surface area (Å²) in [6.45, 7) is 8.30. The van der Waals surface area contributed by atoms with Gasteiger partial charge in [0.25, 0.3) is 0 Å². The van der Waals surface area contributed by atoms with Crippen molar-refractivity contribution in [2.45, 2.75) is 52.7 Å². The maximum atomic E-state index is 6.16. The number of aromatic nitrogens is 1. The summed E-state index contributed by atoms with van der Waals surface area (Å²) < 4.78 is 6.05. The van der Waals surface area contributed by atoms with E-state index in [1.807, 2.05) is 12.1 Å². The minimum atomic E-state index is 0.293. The van der Waals surface area contributed by atoms with Gasteiger partial charge in [0.15, 0.2) is 0 Å². The zero-order chi connectivity index (χ0) is 14.5. The number of halogens is 1. The van der Waals surface area contributed by atoms with Gasteiger partial charge in [-0.15, -0.1) is 0 Å². The molecule has 1 N–H and O–H groups in total. The molecule has 3 unspecified atom stereocenters. The highest BCUT2D eigenvalue weighted by Gasteiger charge is 2.26. The van der Waals surface area contributed by atoms with Crippen molar-refractivity contribution in [3.8, 4) is 5.88 Å². The van der Waals surface area contributed by atoms with Crippen molar-refractivity contribution in [2.75, 3.05) is 6.54 Å². The van der Waals surface area contributed by atoms with Gasteiger partial charge in [0, 0.05) is 12.6 Å². The molecule has 20 heavy (non-hydrogen) atoms. The Morgan fingerprint density at radius 1 is 1.30 bits per heavy atom. The molecule has 3 atom stereocenters. The number of rotatable bonds is 5. The number of nitrogens with one attached hydrogen (secondary N) is 1. The Bertz CT molecular complexity index is 438. The number of ether oxygens (including phenoxy) is 1. The average Bonchev–Trinajstić information content (AvgIpc) is 2.43. The number of hydrogen-bond donors (Lipinski definition) is 1. The molecule has 1 aromatic heterocycles. The zero-order valence-corrected chi connectivity index (χ0v) is 13.4. The summed E-state index contributed by atoms with van der Waals surface area (Å²) in [5, 5.41) is 3.94. The van der Waals surface area contributed by atoms with E-state index in [0.29, 0.717) is 23.6 Å².